The third kappa shape index (κ3) is 5.42. The smallest absolute Gasteiger partial charge is 0.279 e. The van der Waals surface area contributed by atoms with Gasteiger partial charge in [0.1, 0.15) is 0 Å². The molecule has 0 atom stereocenters. The van der Waals surface area contributed by atoms with Gasteiger partial charge in [-0.1, -0.05) is 18.2 Å². The van der Waals surface area contributed by atoms with Crippen molar-refractivity contribution < 1.29 is 13.2 Å². The number of anilines is 1. The van der Waals surface area contributed by atoms with Crippen LogP contribution in [-0.4, -0.2) is 69.3 Å². The van der Waals surface area contributed by atoms with Gasteiger partial charge in [0.25, 0.3) is 10.2 Å². The van der Waals surface area contributed by atoms with Gasteiger partial charge in [-0.3, -0.25) is 4.79 Å². The molecule has 1 amide bonds. The quantitative estimate of drug-likeness (QED) is 0.776. The summed E-state index contributed by atoms with van der Waals surface area (Å²) in [6.45, 7) is 6.62. The Morgan fingerprint density at radius 2 is 1.76 bits per heavy atom. The molecule has 1 aromatic carbocycles. The van der Waals surface area contributed by atoms with Crippen LogP contribution in [0.5, 0.6) is 0 Å². The summed E-state index contributed by atoms with van der Waals surface area (Å²) in [7, 11) is -2.00. The van der Waals surface area contributed by atoms with Gasteiger partial charge in [0.15, 0.2) is 0 Å². The van der Waals surface area contributed by atoms with Crippen LogP contribution in [-0.2, 0) is 15.0 Å². The largest absolute Gasteiger partial charge is 0.368 e. The van der Waals surface area contributed by atoms with E-state index in [0.29, 0.717) is 13.1 Å². The first kappa shape index (κ1) is 19.7. The van der Waals surface area contributed by atoms with E-state index in [1.807, 2.05) is 18.2 Å². The lowest BCUT2D eigenvalue weighted by Crippen LogP contribution is -2.49. The molecule has 1 aromatic rings. The van der Waals surface area contributed by atoms with Crippen LogP contribution in [0.4, 0.5) is 5.69 Å². The van der Waals surface area contributed by atoms with Crippen LogP contribution in [0.1, 0.15) is 20.3 Å². The highest BCUT2D eigenvalue weighted by Crippen LogP contribution is 2.15. The molecule has 0 spiro atoms. The SMILES string of the molecule is CC(C)N(C)S(=O)(=O)NCCC(=O)N1CCN(c2ccccc2)CC1. The van der Waals surface area contributed by atoms with E-state index in [1.165, 1.54) is 17.0 Å². The van der Waals surface area contributed by atoms with Crippen LogP contribution in [0.3, 0.4) is 0 Å². The van der Waals surface area contributed by atoms with Gasteiger partial charge in [-0.2, -0.15) is 12.7 Å². The van der Waals surface area contributed by atoms with E-state index >= 15 is 0 Å². The maximum atomic E-state index is 12.3. The van der Waals surface area contributed by atoms with E-state index in [-0.39, 0.29) is 24.9 Å². The summed E-state index contributed by atoms with van der Waals surface area (Å²) in [5, 5.41) is 0. The zero-order valence-electron chi connectivity index (χ0n) is 15.2. The number of hydrogen-bond acceptors (Lipinski definition) is 4. The van der Waals surface area contributed by atoms with Crippen molar-refractivity contribution in [1.29, 1.82) is 0 Å². The predicted octanol–water partition coefficient (Wildman–Crippen LogP) is 0.900. The van der Waals surface area contributed by atoms with E-state index in [0.717, 1.165) is 13.1 Å². The first-order valence-electron chi connectivity index (χ1n) is 8.61. The molecule has 1 fully saturated rings. The standard InChI is InChI=1S/C17H28N4O3S/c1-15(2)19(3)25(23,24)18-10-9-17(22)21-13-11-20(12-14-21)16-7-5-4-6-8-16/h4-8,15,18H,9-14H2,1-3H3. The lowest BCUT2D eigenvalue weighted by atomic mass is 10.2. The van der Waals surface area contributed by atoms with Crippen LogP contribution >= 0.6 is 0 Å². The van der Waals surface area contributed by atoms with Crippen LogP contribution in [0.15, 0.2) is 30.3 Å². The minimum Gasteiger partial charge on any atom is -0.368 e. The Labute approximate surface area is 150 Å². The molecular formula is C17H28N4O3S. The van der Waals surface area contributed by atoms with Gasteiger partial charge in [0.05, 0.1) is 0 Å². The second-order valence-corrected chi connectivity index (χ2v) is 8.28. The normalized spacial score (nSPS) is 15.9. The Balaban J connectivity index is 1.76. The number of piperazine rings is 1. The minimum absolute atomic E-state index is 0.0115. The van der Waals surface area contributed by atoms with Crippen molar-refractivity contribution >= 4 is 21.8 Å². The van der Waals surface area contributed by atoms with Crippen molar-refractivity contribution in [3.8, 4) is 0 Å². The summed E-state index contributed by atoms with van der Waals surface area (Å²) in [4.78, 5) is 16.3. The molecule has 8 heteroatoms. The van der Waals surface area contributed by atoms with E-state index < -0.39 is 10.2 Å². The molecule has 0 radical (unpaired) electrons. The van der Waals surface area contributed by atoms with E-state index in [9.17, 15) is 13.2 Å². The number of nitrogens with zero attached hydrogens (tertiary/aromatic N) is 3. The zero-order valence-corrected chi connectivity index (χ0v) is 16.0. The second kappa shape index (κ2) is 8.64. The van der Waals surface area contributed by atoms with Crippen molar-refractivity contribution in [2.75, 3.05) is 44.7 Å². The summed E-state index contributed by atoms with van der Waals surface area (Å²) in [6, 6.07) is 10.0. The maximum absolute atomic E-state index is 12.3. The van der Waals surface area contributed by atoms with E-state index in [1.54, 1.807) is 18.7 Å². The highest BCUT2D eigenvalue weighted by Gasteiger charge is 2.23. The highest BCUT2D eigenvalue weighted by molar-refractivity contribution is 7.87. The molecule has 1 saturated heterocycles. The van der Waals surface area contributed by atoms with Crippen molar-refractivity contribution in [2.24, 2.45) is 0 Å². The Morgan fingerprint density at radius 1 is 1.16 bits per heavy atom. The van der Waals surface area contributed by atoms with Gasteiger partial charge in [-0.15, -0.1) is 0 Å². The molecule has 0 aromatic heterocycles. The molecule has 1 aliphatic rings. The fourth-order valence-electron chi connectivity index (χ4n) is 2.68. The Hall–Kier alpha value is -1.64. The van der Waals surface area contributed by atoms with Crippen molar-refractivity contribution in [1.82, 2.24) is 13.9 Å². The molecule has 0 unspecified atom stereocenters. The molecule has 25 heavy (non-hydrogen) atoms. The topological polar surface area (TPSA) is 73.0 Å². The number of benzene rings is 1. The third-order valence-corrected chi connectivity index (χ3v) is 6.23. The molecular weight excluding hydrogens is 340 g/mol. The van der Waals surface area contributed by atoms with Crippen LogP contribution < -0.4 is 9.62 Å². The van der Waals surface area contributed by atoms with Crippen LogP contribution in [0.2, 0.25) is 0 Å². The van der Waals surface area contributed by atoms with E-state index in [2.05, 4.69) is 21.8 Å². The lowest BCUT2D eigenvalue weighted by molar-refractivity contribution is -0.131. The predicted molar refractivity (Wildman–Crippen MR) is 99.7 cm³/mol. The summed E-state index contributed by atoms with van der Waals surface area (Å²) in [5.41, 5.74) is 1.17. The van der Waals surface area contributed by atoms with Crippen molar-refractivity contribution in [2.45, 2.75) is 26.3 Å². The summed E-state index contributed by atoms with van der Waals surface area (Å²) in [5.74, 6) is -0.0115. The Kier molecular flexibility index (Phi) is 6.80. The molecule has 1 aliphatic heterocycles. The van der Waals surface area contributed by atoms with Crippen molar-refractivity contribution in [3.63, 3.8) is 0 Å². The molecule has 1 N–H and O–H groups in total. The Morgan fingerprint density at radius 3 is 2.32 bits per heavy atom. The van der Waals surface area contributed by atoms with Gasteiger partial charge in [0.2, 0.25) is 5.91 Å². The van der Waals surface area contributed by atoms with Crippen molar-refractivity contribution in [3.05, 3.63) is 30.3 Å². The average Bonchev–Trinajstić information content (AvgIpc) is 2.61. The molecule has 2 rings (SSSR count). The highest BCUT2D eigenvalue weighted by atomic mass is 32.2. The second-order valence-electron chi connectivity index (χ2n) is 6.46. The molecule has 0 aliphatic carbocycles. The average molecular weight is 369 g/mol. The number of para-hydroxylation sites is 1. The number of hydrogen-bond donors (Lipinski definition) is 1. The molecule has 1 heterocycles. The van der Waals surface area contributed by atoms with Gasteiger partial charge in [-0.25, -0.2) is 4.72 Å². The van der Waals surface area contributed by atoms with Gasteiger partial charge < -0.3 is 9.80 Å². The van der Waals surface area contributed by atoms with Gasteiger partial charge >= 0.3 is 0 Å². The summed E-state index contributed by atoms with van der Waals surface area (Å²) in [6.07, 6.45) is 0.177. The minimum atomic E-state index is -3.53. The summed E-state index contributed by atoms with van der Waals surface area (Å²) >= 11 is 0. The molecule has 7 nitrogen and oxygen atoms in total. The summed E-state index contributed by atoms with van der Waals surface area (Å²) < 4.78 is 27.8. The fraction of sp³-hybridized carbons (Fsp3) is 0.588. The molecule has 0 bridgehead atoms. The monoisotopic (exact) mass is 368 g/mol. The first-order valence-corrected chi connectivity index (χ1v) is 10.1. The van der Waals surface area contributed by atoms with Gasteiger partial charge in [-0.05, 0) is 26.0 Å². The maximum Gasteiger partial charge on any atom is 0.279 e. The fourth-order valence-corrected chi connectivity index (χ4v) is 3.80. The van der Waals surface area contributed by atoms with Crippen LogP contribution in [0.25, 0.3) is 0 Å². The lowest BCUT2D eigenvalue weighted by Gasteiger charge is -2.36. The number of carbonyl (C=O) groups is 1. The third-order valence-electron chi connectivity index (χ3n) is 4.48. The zero-order chi connectivity index (χ0) is 18.4. The molecule has 140 valence electrons. The number of amides is 1. The number of rotatable bonds is 7. The first-order chi connectivity index (χ1) is 11.8. The number of carbonyl (C=O) groups excluding carboxylic acids is 1. The Bertz CT molecular complexity index is 656. The van der Waals surface area contributed by atoms with E-state index in [4.69, 9.17) is 0 Å². The number of nitrogens with one attached hydrogen (secondary N) is 1. The van der Waals surface area contributed by atoms with Crippen LogP contribution in [0, 0.1) is 0 Å². The van der Waals surface area contributed by atoms with Gasteiger partial charge in [0, 0.05) is 57.9 Å². The molecule has 0 saturated carbocycles.